The zero-order valence-corrected chi connectivity index (χ0v) is 26.3. The van der Waals surface area contributed by atoms with Crippen LogP contribution in [0.25, 0.3) is 0 Å². The van der Waals surface area contributed by atoms with Crippen molar-refractivity contribution in [2.75, 3.05) is 19.0 Å². The topological polar surface area (TPSA) is 114 Å². The van der Waals surface area contributed by atoms with Crippen molar-refractivity contribution in [2.45, 2.75) is 42.1 Å². The van der Waals surface area contributed by atoms with Crippen LogP contribution in [-0.2, 0) is 32.1 Å². The fraction of sp³-hybridized carbons (Fsp3) is 0.257. The van der Waals surface area contributed by atoms with E-state index in [4.69, 9.17) is 19.6 Å². The van der Waals surface area contributed by atoms with Crippen molar-refractivity contribution in [3.63, 3.8) is 0 Å². The molecule has 0 fully saturated rings. The fourth-order valence-electron chi connectivity index (χ4n) is 5.29. The van der Waals surface area contributed by atoms with Crippen molar-refractivity contribution in [1.82, 2.24) is 5.32 Å². The Kier molecular flexibility index (Phi) is 10.5. The standard InChI is InChI=1S/C35H32F4N2O6S/c36-28-21-24(20-27(22-28)35(37,38)39)23-40-33(43)34(16-19-48(44,45)30-10-5-2-6-11-30)31(25-8-3-1-4-9-25)47-32(41-34)26-12-14-29(15-13-26)46-18-7-17-42/h1-6,8-15,20-22,31,42H,7,16-19,23H2,(H,40,43)/t31-,34-/m1/s1. The number of hydrogen-bond donors (Lipinski definition) is 2. The number of alkyl halides is 3. The predicted molar refractivity (Wildman–Crippen MR) is 170 cm³/mol. The van der Waals surface area contributed by atoms with Gasteiger partial charge in [0.1, 0.15) is 11.6 Å². The van der Waals surface area contributed by atoms with Crippen LogP contribution in [-0.4, -0.2) is 49.8 Å². The lowest BCUT2D eigenvalue weighted by atomic mass is 9.85. The van der Waals surface area contributed by atoms with E-state index in [0.29, 0.717) is 36.0 Å². The van der Waals surface area contributed by atoms with Crippen molar-refractivity contribution >= 4 is 21.6 Å². The molecule has 5 rings (SSSR count). The Hall–Kier alpha value is -4.75. The highest BCUT2D eigenvalue weighted by Gasteiger charge is 2.53. The largest absolute Gasteiger partial charge is 0.494 e. The molecule has 1 heterocycles. The summed E-state index contributed by atoms with van der Waals surface area (Å²) < 4.78 is 93.1. The summed E-state index contributed by atoms with van der Waals surface area (Å²) >= 11 is 0. The number of carbonyl (C=O) groups is 1. The zero-order valence-electron chi connectivity index (χ0n) is 25.5. The van der Waals surface area contributed by atoms with Crippen LogP contribution in [0.2, 0.25) is 0 Å². The molecule has 0 unspecified atom stereocenters. The maximum Gasteiger partial charge on any atom is 0.416 e. The number of ether oxygens (including phenoxy) is 2. The summed E-state index contributed by atoms with van der Waals surface area (Å²) in [5, 5.41) is 11.6. The minimum Gasteiger partial charge on any atom is -0.494 e. The highest BCUT2D eigenvalue weighted by Crippen LogP contribution is 2.43. The third-order valence-electron chi connectivity index (χ3n) is 7.72. The van der Waals surface area contributed by atoms with E-state index in [1.54, 1.807) is 72.8 Å². The number of aliphatic imine (C=N–C) groups is 1. The van der Waals surface area contributed by atoms with Gasteiger partial charge in [-0.2, -0.15) is 13.2 Å². The quantitative estimate of drug-likeness (QED) is 0.131. The molecule has 1 aliphatic heterocycles. The van der Waals surface area contributed by atoms with Gasteiger partial charge in [-0.3, -0.25) is 4.79 Å². The van der Waals surface area contributed by atoms with E-state index >= 15 is 0 Å². The van der Waals surface area contributed by atoms with Gasteiger partial charge < -0.3 is 19.9 Å². The predicted octanol–water partition coefficient (Wildman–Crippen LogP) is 6.04. The number of benzene rings is 4. The maximum absolute atomic E-state index is 14.3. The lowest BCUT2D eigenvalue weighted by molar-refractivity contribution is -0.137. The van der Waals surface area contributed by atoms with E-state index in [1.165, 1.54) is 12.1 Å². The molecule has 1 aliphatic rings. The van der Waals surface area contributed by atoms with Gasteiger partial charge >= 0.3 is 6.18 Å². The van der Waals surface area contributed by atoms with E-state index in [-0.39, 0.29) is 29.4 Å². The van der Waals surface area contributed by atoms with Crippen LogP contribution < -0.4 is 10.1 Å². The summed E-state index contributed by atoms with van der Waals surface area (Å²) in [5.41, 5.74) is -2.33. The van der Waals surface area contributed by atoms with Crippen LogP contribution in [0.5, 0.6) is 5.75 Å². The van der Waals surface area contributed by atoms with Gasteiger partial charge in [0.25, 0.3) is 5.91 Å². The first-order chi connectivity index (χ1) is 22.9. The molecule has 0 bridgehead atoms. The second-order valence-electron chi connectivity index (χ2n) is 11.1. The molecule has 4 aromatic carbocycles. The normalized spacial score (nSPS) is 17.8. The summed E-state index contributed by atoms with van der Waals surface area (Å²) in [7, 11) is -3.93. The van der Waals surface area contributed by atoms with Gasteiger partial charge in [-0.15, -0.1) is 0 Å². The molecule has 0 saturated carbocycles. The van der Waals surface area contributed by atoms with Gasteiger partial charge in [-0.05, 0) is 65.7 Å². The smallest absolute Gasteiger partial charge is 0.416 e. The number of hydrogen-bond acceptors (Lipinski definition) is 7. The Labute approximate surface area is 275 Å². The van der Waals surface area contributed by atoms with Crippen LogP contribution in [0.3, 0.4) is 0 Å². The van der Waals surface area contributed by atoms with Crippen LogP contribution in [0.4, 0.5) is 17.6 Å². The lowest BCUT2D eigenvalue weighted by Gasteiger charge is -2.30. The van der Waals surface area contributed by atoms with Gasteiger partial charge in [0.2, 0.25) is 5.90 Å². The summed E-state index contributed by atoms with van der Waals surface area (Å²) in [5.74, 6) is -1.94. The highest BCUT2D eigenvalue weighted by molar-refractivity contribution is 7.91. The Morgan fingerprint density at radius 1 is 0.958 bits per heavy atom. The van der Waals surface area contributed by atoms with E-state index < -0.39 is 57.2 Å². The molecule has 48 heavy (non-hydrogen) atoms. The molecular weight excluding hydrogens is 652 g/mol. The number of nitrogens with zero attached hydrogens (tertiary/aromatic N) is 1. The Bertz CT molecular complexity index is 1850. The highest BCUT2D eigenvalue weighted by atomic mass is 32.2. The number of aliphatic hydroxyl groups excluding tert-OH is 1. The fourth-order valence-corrected chi connectivity index (χ4v) is 6.67. The van der Waals surface area contributed by atoms with Gasteiger partial charge in [0.15, 0.2) is 21.5 Å². The van der Waals surface area contributed by atoms with E-state index in [2.05, 4.69) is 5.32 Å². The van der Waals surface area contributed by atoms with Gasteiger partial charge in [-0.1, -0.05) is 48.5 Å². The molecule has 0 radical (unpaired) electrons. The molecule has 2 N–H and O–H groups in total. The summed E-state index contributed by atoms with van der Waals surface area (Å²) in [4.78, 5) is 19.0. The number of sulfone groups is 1. The Balaban J connectivity index is 1.54. The molecule has 0 aliphatic carbocycles. The minimum absolute atomic E-state index is 0.0307. The first kappa shape index (κ1) is 34.6. The van der Waals surface area contributed by atoms with Gasteiger partial charge in [-0.25, -0.2) is 17.8 Å². The van der Waals surface area contributed by atoms with Crippen molar-refractivity contribution < 1.29 is 45.4 Å². The number of aliphatic hydroxyl groups is 1. The average molecular weight is 685 g/mol. The molecular formula is C35H32F4N2O6S. The van der Waals surface area contributed by atoms with Gasteiger partial charge in [0, 0.05) is 31.6 Å². The summed E-state index contributed by atoms with van der Waals surface area (Å²) in [6.07, 6.45) is -5.88. The van der Waals surface area contributed by atoms with Crippen molar-refractivity contribution in [1.29, 1.82) is 0 Å². The lowest BCUT2D eigenvalue weighted by Crippen LogP contribution is -2.49. The van der Waals surface area contributed by atoms with Crippen LogP contribution in [0.15, 0.2) is 113 Å². The molecule has 0 aromatic heterocycles. The molecule has 13 heteroatoms. The summed E-state index contributed by atoms with van der Waals surface area (Å²) in [6.45, 7) is -0.242. The SMILES string of the molecule is O=C(NCc1cc(F)cc(C(F)(F)F)c1)[C@]1(CCS(=O)(=O)c2ccccc2)N=C(c2ccc(OCCCO)cc2)O[C@@H]1c1ccccc1. The van der Waals surface area contributed by atoms with Crippen molar-refractivity contribution in [3.8, 4) is 5.75 Å². The molecule has 0 spiro atoms. The van der Waals surface area contributed by atoms with E-state index in [0.717, 1.165) is 12.1 Å². The molecule has 8 nitrogen and oxygen atoms in total. The number of nitrogens with one attached hydrogen (secondary N) is 1. The second-order valence-corrected chi connectivity index (χ2v) is 13.2. The first-order valence-electron chi connectivity index (χ1n) is 15.0. The molecule has 2 atom stereocenters. The Morgan fingerprint density at radius 3 is 2.27 bits per heavy atom. The number of rotatable bonds is 13. The van der Waals surface area contributed by atoms with Crippen molar-refractivity contribution in [3.05, 3.63) is 131 Å². The number of amides is 1. The minimum atomic E-state index is -4.82. The average Bonchev–Trinajstić information content (AvgIpc) is 3.48. The Morgan fingerprint density at radius 2 is 1.62 bits per heavy atom. The second kappa shape index (κ2) is 14.6. The van der Waals surface area contributed by atoms with E-state index in [1.807, 2.05) is 0 Å². The maximum atomic E-state index is 14.3. The first-order valence-corrected chi connectivity index (χ1v) is 16.6. The third-order valence-corrected chi connectivity index (χ3v) is 9.46. The van der Waals surface area contributed by atoms with Crippen LogP contribution in [0.1, 0.15) is 41.2 Å². The van der Waals surface area contributed by atoms with Crippen LogP contribution in [0, 0.1) is 5.82 Å². The molecule has 0 saturated heterocycles. The van der Waals surface area contributed by atoms with Crippen molar-refractivity contribution in [2.24, 2.45) is 4.99 Å². The monoisotopic (exact) mass is 684 g/mol. The molecule has 252 valence electrons. The molecule has 1 amide bonds. The number of carbonyl (C=O) groups excluding carboxylic acids is 1. The molecule has 4 aromatic rings. The zero-order chi connectivity index (χ0) is 34.4. The number of halogens is 4. The third kappa shape index (κ3) is 8.03. The summed E-state index contributed by atoms with van der Waals surface area (Å²) in [6, 6.07) is 24.8. The van der Waals surface area contributed by atoms with Crippen LogP contribution >= 0.6 is 0 Å². The van der Waals surface area contributed by atoms with E-state index in [9.17, 15) is 30.8 Å². The van der Waals surface area contributed by atoms with Gasteiger partial charge in [0.05, 0.1) is 22.8 Å².